The van der Waals surface area contributed by atoms with E-state index in [2.05, 4.69) is 22.8 Å². The maximum absolute atomic E-state index is 12.5. The second kappa shape index (κ2) is 10.7. The number of nitrogens with one attached hydrogen (secondary N) is 2. The van der Waals surface area contributed by atoms with Crippen molar-refractivity contribution in [2.75, 3.05) is 12.3 Å². The van der Waals surface area contributed by atoms with Crippen LogP contribution in [0.1, 0.15) is 30.6 Å². The van der Waals surface area contributed by atoms with Crippen molar-refractivity contribution in [2.24, 2.45) is 5.92 Å². The zero-order valence-electron chi connectivity index (χ0n) is 15.3. The first-order chi connectivity index (χ1) is 12.6. The molecule has 2 aromatic rings. The molecule has 2 N–H and O–H groups in total. The third-order valence-corrected chi connectivity index (χ3v) is 5.00. The van der Waals surface area contributed by atoms with Crippen molar-refractivity contribution >= 4 is 23.6 Å². The maximum atomic E-state index is 12.5. The molecule has 1 atom stereocenters. The molecule has 5 heteroatoms. The van der Waals surface area contributed by atoms with Crippen LogP contribution < -0.4 is 10.6 Å². The predicted octanol–water partition coefficient (Wildman–Crippen LogP) is 3.74. The Balaban J connectivity index is 1.76. The van der Waals surface area contributed by atoms with Crippen molar-refractivity contribution in [1.82, 2.24) is 10.6 Å². The van der Waals surface area contributed by atoms with Crippen molar-refractivity contribution in [3.8, 4) is 0 Å². The molecule has 2 rings (SSSR count). The highest BCUT2D eigenvalue weighted by Gasteiger charge is 2.24. The van der Waals surface area contributed by atoms with Crippen LogP contribution in [0, 0.1) is 5.92 Å². The number of carbonyl (C=O) groups excluding carboxylic acids is 2. The molecule has 0 bridgehead atoms. The average Bonchev–Trinajstić information content (AvgIpc) is 2.66. The number of thioether (sulfide) groups is 1. The number of carbonyl (C=O) groups is 2. The SMILES string of the molecule is CC(C)C(NC(=O)c1ccccc1)C(=O)NCCCSc1ccccc1. The standard InChI is InChI=1S/C21H26N2O2S/c1-16(2)19(23-20(24)17-10-5-3-6-11-17)21(25)22-14-9-15-26-18-12-7-4-8-13-18/h3-8,10-13,16,19H,9,14-15H2,1-2H3,(H,22,25)(H,23,24). The van der Waals surface area contributed by atoms with Gasteiger partial charge in [-0.05, 0) is 42.4 Å². The third-order valence-electron chi connectivity index (χ3n) is 3.90. The molecule has 0 spiro atoms. The van der Waals surface area contributed by atoms with Gasteiger partial charge in [0.25, 0.3) is 5.91 Å². The summed E-state index contributed by atoms with van der Waals surface area (Å²) < 4.78 is 0. The second-order valence-electron chi connectivity index (χ2n) is 6.37. The van der Waals surface area contributed by atoms with Gasteiger partial charge in [-0.3, -0.25) is 9.59 Å². The zero-order valence-corrected chi connectivity index (χ0v) is 16.1. The van der Waals surface area contributed by atoms with Gasteiger partial charge in [-0.25, -0.2) is 0 Å². The van der Waals surface area contributed by atoms with Crippen LogP contribution in [0.15, 0.2) is 65.6 Å². The first-order valence-electron chi connectivity index (χ1n) is 8.89. The smallest absolute Gasteiger partial charge is 0.251 e. The molecule has 0 radical (unpaired) electrons. The van der Waals surface area contributed by atoms with Crippen LogP contribution >= 0.6 is 11.8 Å². The summed E-state index contributed by atoms with van der Waals surface area (Å²) >= 11 is 1.77. The molecule has 26 heavy (non-hydrogen) atoms. The first-order valence-corrected chi connectivity index (χ1v) is 9.88. The number of amides is 2. The highest BCUT2D eigenvalue weighted by molar-refractivity contribution is 7.99. The molecule has 0 saturated carbocycles. The summed E-state index contributed by atoms with van der Waals surface area (Å²) in [4.78, 5) is 26.0. The van der Waals surface area contributed by atoms with Gasteiger partial charge in [0.05, 0.1) is 0 Å². The van der Waals surface area contributed by atoms with Crippen LogP contribution in [-0.2, 0) is 4.79 Å². The Kier molecular flexibility index (Phi) is 8.22. The molecule has 1 unspecified atom stereocenters. The summed E-state index contributed by atoms with van der Waals surface area (Å²) in [6, 6.07) is 18.6. The minimum Gasteiger partial charge on any atom is -0.354 e. The Hall–Kier alpha value is -2.27. The predicted molar refractivity (Wildman–Crippen MR) is 107 cm³/mol. The summed E-state index contributed by atoms with van der Waals surface area (Å²) in [7, 11) is 0. The fraction of sp³-hybridized carbons (Fsp3) is 0.333. The number of hydrogen-bond acceptors (Lipinski definition) is 3. The molecular formula is C21H26N2O2S. The average molecular weight is 371 g/mol. The monoisotopic (exact) mass is 370 g/mol. The Morgan fingerprint density at radius 2 is 1.58 bits per heavy atom. The first kappa shape index (κ1) is 20.0. The molecular weight excluding hydrogens is 344 g/mol. The minimum absolute atomic E-state index is 0.0151. The van der Waals surface area contributed by atoms with Gasteiger partial charge in [-0.2, -0.15) is 0 Å². The number of hydrogen-bond donors (Lipinski definition) is 2. The van der Waals surface area contributed by atoms with Crippen LogP contribution in [0.2, 0.25) is 0 Å². The van der Waals surface area contributed by atoms with Crippen LogP contribution in [-0.4, -0.2) is 30.2 Å². The Morgan fingerprint density at radius 3 is 2.19 bits per heavy atom. The lowest BCUT2D eigenvalue weighted by molar-refractivity contribution is -0.123. The van der Waals surface area contributed by atoms with E-state index in [9.17, 15) is 9.59 Å². The molecule has 0 aliphatic heterocycles. The van der Waals surface area contributed by atoms with E-state index in [1.54, 1.807) is 23.9 Å². The largest absolute Gasteiger partial charge is 0.354 e. The molecule has 0 fully saturated rings. The van der Waals surface area contributed by atoms with Gasteiger partial charge in [-0.1, -0.05) is 50.2 Å². The highest BCUT2D eigenvalue weighted by atomic mass is 32.2. The highest BCUT2D eigenvalue weighted by Crippen LogP contribution is 2.17. The molecule has 138 valence electrons. The van der Waals surface area contributed by atoms with Crippen molar-refractivity contribution < 1.29 is 9.59 Å². The molecule has 4 nitrogen and oxygen atoms in total. The zero-order chi connectivity index (χ0) is 18.8. The van der Waals surface area contributed by atoms with Crippen LogP contribution in [0.4, 0.5) is 0 Å². The molecule has 2 aromatic carbocycles. The van der Waals surface area contributed by atoms with Gasteiger partial charge >= 0.3 is 0 Å². The summed E-state index contributed by atoms with van der Waals surface area (Å²) in [5.41, 5.74) is 0.560. The van der Waals surface area contributed by atoms with Crippen LogP contribution in [0.25, 0.3) is 0 Å². The number of benzene rings is 2. The molecule has 0 saturated heterocycles. The normalized spacial score (nSPS) is 11.8. The van der Waals surface area contributed by atoms with Gasteiger partial charge in [0.2, 0.25) is 5.91 Å². The maximum Gasteiger partial charge on any atom is 0.251 e. The van der Waals surface area contributed by atoms with Gasteiger partial charge in [-0.15, -0.1) is 11.8 Å². The van der Waals surface area contributed by atoms with E-state index in [0.717, 1.165) is 12.2 Å². The third kappa shape index (κ3) is 6.56. The van der Waals surface area contributed by atoms with E-state index in [4.69, 9.17) is 0 Å². The summed E-state index contributed by atoms with van der Waals surface area (Å²) in [6.45, 7) is 4.46. The van der Waals surface area contributed by atoms with Gasteiger partial charge in [0, 0.05) is 17.0 Å². The van der Waals surface area contributed by atoms with Crippen LogP contribution in [0.5, 0.6) is 0 Å². The quantitative estimate of drug-likeness (QED) is 0.522. The van der Waals surface area contributed by atoms with E-state index < -0.39 is 6.04 Å². The van der Waals surface area contributed by atoms with Crippen molar-refractivity contribution in [3.05, 3.63) is 66.2 Å². The Labute approximate surface area is 159 Å². The Morgan fingerprint density at radius 1 is 0.962 bits per heavy atom. The van der Waals surface area contributed by atoms with Gasteiger partial charge < -0.3 is 10.6 Å². The number of rotatable bonds is 9. The van der Waals surface area contributed by atoms with Crippen molar-refractivity contribution in [3.63, 3.8) is 0 Å². The lowest BCUT2D eigenvalue weighted by Crippen LogP contribution is -2.49. The fourth-order valence-electron chi connectivity index (χ4n) is 2.45. The molecule has 0 aromatic heterocycles. The van der Waals surface area contributed by atoms with E-state index in [-0.39, 0.29) is 17.7 Å². The molecule has 0 heterocycles. The second-order valence-corrected chi connectivity index (χ2v) is 7.54. The van der Waals surface area contributed by atoms with E-state index in [0.29, 0.717) is 12.1 Å². The molecule has 0 aliphatic rings. The van der Waals surface area contributed by atoms with E-state index in [1.807, 2.05) is 50.2 Å². The summed E-state index contributed by atoms with van der Waals surface area (Å²) in [5.74, 6) is 0.599. The van der Waals surface area contributed by atoms with E-state index in [1.165, 1.54) is 4.90 Å². The lowest BCUT2D eigenvalue weighted by Gasteiger charge is -2.21. The van der Waals surface area contributed by atoms with Gasteiger partial charge in [0.15, 0.2) is 0 Å². The molecule has 0 aliphatic carbocycles. The molecule has 2 amide bonds. The fourth-order valence-corrected chi connectivity index (χ4v) is 3.32. The summed E-state index contributed by atoms with van der Waals surface area (Å²) in [5, 5.41) is 5.78. The van der Waals surface area contributed by atoms with E-state index >= 15 is 0 Å². The lowest BCUT2D eigenvalue weighted by atomic mass is 10.0. The minimum atomic E-state index is -0.538. The van der Waals surface area contributed by atoms with Gasteiger partial charge in [0.1, 0.15) is 6.04 Å². The van der Waals surface area contributed by atoms with Crippen molar-refractivity contribution in [2.45, 2.75) is 31.2 Å². The van der Waals surface area contributed by atoms with Crippen molar-refractivity contribution in [1.29, 1.82) is 0 Å². The van der Waals surface area contributed by atoms with Crippen LogP contribution in [0.3, 0.4) is 0 Å². The topological polar surface area (TPSA) is 58.2 Å². The Bertz CT molecular complexity index is 690. The summed E-state index contributed by atoms with van der Waals surface area (Å²) in [6.07, 6.45) is 0.878.